The maximum Gasteiger partial charge on any atom is 0.374 e. The quantitative estimate of drug-likeness (QED) is 0.774. The van der Waals surface area contributed by atoms with E-state index in [1.807, 2.05) is 19.9 Å². The van der Waals surface area contributed by atoms with Crippen LogP contribution >= 0.6 is 0 Å². The van der Waals surface area contributed by atoms with Gasteiger partial charge in [0.05, 0.1) is 20.2 Å². The predicted molar refractivity (Wildman–Crippen MR) is 85.2 cm³/mol. The monoisotopic (exact) mass is 323 g/mol. The average Bonchev–Trinajstić information content (AvgIpc) is 2.89. The number of furan rings is 1. The SMILES string of the molecule is CCNC(=O)CN1CCN(Cc2cc(C)c(C(=O)OC)o2)CC1. The topological polar surface area (TPSA) is 75.0 Å². The first-order valence-corrected chi connectivity index (χ1v) is 7.92. The predicted octanol–water partition coefficient (Wildman–Crippen LogP) is 0.628. The van der Waals surface area contributed by atoms with Crippen LogP contribution in [0.2, 0.25) is 0 Å². The number of likely N-dealkylation sites (N-methyl/N-ethyl adjacent to an activating group) is 1. The molecular formula is C16H25N3O4. The van der Waals surface area contributed by atoms with Gasteiger partial charge < -0.3 is 14.5 Å². The number of ether oxygens (including phenoxy) is 1. The molecule has 0 spiro atoms. The molecule has 0 aromatic carbocycles. The second kappa shape index (κ2) is 8.12. The van der Waals surface area contributed by atoms with Crippen LogP contribution in [0.3, 0.4) is 0 Å². The highest BCUT2D eigenvalue weighted by Gasteiger charge is 2.21. The number of nitrogens with one attached hydrogen (secondary N) is 1. The van der Waals surface area contributed by atoms with Crippen LogP contribution in [0.1, 0.15) is 28.8 Å². The molecule has 0 radical (unpaired) electrons. The van der Waals surface area contributed by atoms with E-state index in [1.54, 1.807) is 0 Å². The van der Waals surface area contributed by atoms with E-state index in [2.05, 4.69) is 15.1 Å². The van der Waals surface area contributed by atoms with Crippen LogP contribution in [0.15, 0.2) is 10.5 Å². The zero-order chi connectivity index (χ0) is 16.8. The maximum atomic E-state index is 11.6. The molecule has 0 aliphatic carbocycles. The van der Waals surface area contributed by atoms with Crippen molar-refractivity contribution in [2.24, 2.45) is 0 Å². The van der Waals surface area contributed by atoms with Gasteiger partial charge in [0, 0.05) is 38.3 Å². The molecule has 1 aliphatic heterocycles. The molecule has 2 rings (SSSR count). The summed E-state index contributed by atoms with van der Waals surface area (Å²) >= 11 is 0. The van der Waals surface area contributed by atoms with Crippen LogP contribution in [0.25, 0.3) is 0 Å². The molecule has 1 N–H and O–H groups in total. The van der Waals surface area contributed by atoms with Gasteiger partial charge in [0.25, 0.3) is 0 Å². The van der Waals surface area contributed by atoms with Gasteiger partial charge in [-0.15, -0.1) is 0 Å². The molecule has 0 saturated carbocycles. The molecule has 1 amide bonds. The van der Waals surface area contributed by atoms with Crippen molar-refractivity contribution in [1.82, 2.24) is 15.1 Å². The Hall–Kier alpha value is -1.86. The lowest BCUT2D eigenvalue weighted by molar-refractivity contribution is -0.122. The van der Waals surface area contributed by atoms with Gasteiger partial charge in [-0.25, -0.2) is 4.79 Å². The summed E-state index contributed by atoms with van der Waals surface area (Å²) in [5.74, 6) is 0.670. The van der Waals surface area contributed by atoms with Crippen LogP contribution in [0.5, 0.6) is 0 Å². The van der Waals surface area contributed by atoms with Crippen molar-refractivity contribution in [3.05, 3.63) is 23.2 Å². The van der Waals surface area contributed by atoms with Crippen molar-refractivity contribution in [1.29, 1.82) is 0 Å². The average molecular weight is 323 g/mol. The van der Waals surface area contributed by atoms with Crippen molar-refractivity contribution in [2.45, 2.75) is 20.4 Å². The van der Waals surface area contributed by atoms with E-state index in [4.69, 9.17) is 9.15 Å². The van der Waals surface area contributed by atoms with Gasteiger partial charge in [-0.3, -0.25) is 14.6 Å². The van der Waals surface area contributed by atoms with E-state index in [1.165, 1.54) is 7.11 Å². The number of aryl methyl sites for hydroxylation is 1. The molecule has 7 nitrogen and oxygen atoms in total. The summed E-state index contributed by atoms with van der Waals surface area (Å²) in [5, 5.41) is 2.82. The summed E-state index contributed by atoms with van der Waals surface area (Å²) in [6.07, 6.45) is 0. The molecule has 23 heavy (non-hydrogen) atoms. The highest BCUT2D eigenvalue weighted by atomic mass is 16.5. The van der Waals surface area contributed by atoms with Crippen LogP contribution in [0.4, 0.5) is 0 Å². The lowest BCUT2D eigenvalue weighted by Crippen LogP contribution is -2.49. The largest absolute Gasteiger partial charge is 0.463 e. The van der Waals surface area contributed by atoms with Gasteiger partial charge in [0.2, 0.25) is 11.7 Å². The first kappa shape index (κ1) is 17.5. The lowest BCUT2D eigenvalue weighted by Gasteiger charge is -2.33. The zero-order valence-corrected chi connectivity index (χ0v) is 14.1. The molecule has 128 valence electrons. The van der Waals surface area contributed by atoms with Crippen molar-refractivity contribution >= 4 is 11.9 Å². The highest BCUT2D eigenvalue weighted by molar-refractivity contribution is 5.87. The standard InChI is InChI=1S/C16H25N3O4/c1-4-17-14(20)11-19-7-5-18(6-8-19)10-13-9-12(2)15(23-13)16(21)22-3/h9H,4-8,10-11H2,1-3H3,(H,17,20). The molecule has 1 aromatic rings. The third-order valence-electron chi connectivity index (χ3n) is 3.93. The zero-order valence-electron chi connectivity index (χ0n) is 14.1. The van der Waals surface area contributed by atoms with Crippen molar-refractivity contribution in [3.8, 4) is 0 Å². The highest BCUT2D eigenvalue weighted by Crippen LogP contribution is 2.18. The van der Waals surface area contributed by atoms with Gasteiger partial charge in [-0.2, -0.15) is 0 Å². The Bertz CT molecular complexity index is 548. The molecule has 1 aliphatic rings. The Morgan fingerprint density at radius 1 is 1.26 bits per heavy atom. The molecule has 0 unspecified atom stereocenters. The Labute approximate surface area is 136 Å². The van der Waals surface area contributed by atoms with E-state index in [-0.39, 0.29) is 11.7 Å². The Kier molecular flexibility index (Phi) is 6.18. The summed E-state index contributed by atoms with van der Waals surface area (Å²) in [5.41, 5.74) is 0.793. The third-order valence-corrected chi connectivity index (χ3v) is 3.93. The summed E-state index contributed by atoms with van der Waals surface area (Å²) in [6.45, 7) is 8.97. The van der Waals surface area contributed by atoms with Crippen LogP contribution < -0.4 is 5.32 Å². The van der Waals surface area contributed by atoms with Gasteiger partial charge in [-0.1, -0.05) is 0 Å². The summed E-state index contributed by atoms with van der Waals surface area (Å²) in [6, 6.07) is 1.88. The van der Waals surface area contributed by atoms with E-state index < -0.39 is 5.97 Å². The van der Waals surface area contributed by atoms with Crippen LogP contribution in [0, 0.1) is 6.92 Å². The summed E-state index contributed by atoms with van der Waals surface area (Å²) in [7, 11) is 1.35. The maximum absolute atomic E-state index is 11.6. The molecule has 1 aromatic heterocycles. The number of rotatable bonds is 6. The number of esters is 1. The Morgan fingerprint density at radius 2 is 1.91 bits per heavy atom. The fourth-order valence-corrected chi connectivity index (χ4v) is 2.70. The Balaban J connectivity index is 1.82. The molecule has 1 saturated heterocycles. The van der Waals surface area contributed by atoms with Gasteiger partial charge in [0.1, 0.15) is 5.76 Å². The van der Waals surface area contributed by atoms with Crippen molar-refractivity contribution in [3.63, 3.8) is 0 Å². The molecule has 0 bridgehead atoms. The minimum Gasteiger partial charge on any atom is -0.463 e. The first-order valence-electron chi connectivity index (χ1n) is 7.92. The number of carbonyl (C=O) groups is 2. The van der Waals surface area contributed by atoms with E-state index in [0.29, 0.717) is 19.6 Å². The van der Waals surface area contributed by atoms with Gasteiger partial charge in [-0.05, 0) is 19.9 Å². The second-order valence-electron chi connectivity index (χ2n) is 5.72. The van der Waals surface area contributed by atoms with Crippen LogP contribution in [-0.4, -0.2) is 68.1 Å². The van der Waals surface area contributed by atoms with E-state index in [9.17, 15) is 9.59 Å². The minimum atomic E-state index is -0.444. The fraction of sp³-hybridized carbons (Fsp3) is 0.625. The smallest absolute Gasteiger partial charge is 0.374 e. The molecular weight excluding hydrogens is 298 g/mol. The number of hydrogen-bond acceptors (Lipinski definition) is 6. The minimum absolute atomic E-state index is 0.0744. The van der Waals surface area contributed by atoms with Crippen molar-refractivity contribution < 1.29 is 18.7 Å². The van der Waals surface area contributed by atoms with Gasteiger partial charge >= 0.3 is 5.97 Å². The molecule has 7 heteroatoms. The van der Waals surface area contributed by atoms with E-state index >= 15 is 0 Å². The number of amides is 1. The van der Waals surface area contributed by atoms with Crippen LogP contribution in [-0.2, 0) is 16.1 Å². The number of nitrogens with zero attached hydrogens (tertiary/aromatic N) is 2. The van der Waals surface area contributed by atoms with Crippen molar-refractivity contribution in [2.75, 3.05) is 46.4 Å². The van der Waals surface area contributed by atoms with Gasteiger partial charge in [0.15, 0.2) is 0 Å². The second-order valence-corrected chi connectivity index (χ2v) is 5.72. The molecule has 0 atom stereocenters. The molecule has 1 fully saturated rings. The third kappa shape index (κ3) is 4.80. The Morgan fingerprint density at radius 3 is 2.52 bits per heavy atom. The summed E-state index contributed by atoms with van der Waals surface area (Å²) < 4.78 is 10.3. The fourth-order valence-electron chi connectivity index (χ4n) is 2.70. The summed E-state index contributed by atoms with van der Waals surface area (Å²) in [4.78, 5) is 27.6. The first-order chi connectivity index (χ1) is 11.0. The number of piperazine rings is 1. The lowest BCUT2D eigenvalue weighted by atomic mass is 10.2. The number of hydrogen-bond donors (Lipinski definition) is 1. The molecule has 2 heterocycles. The number of carbonyl (C=O) groups excluding carboxylic acids is 2. The van der Waals surface area contributed by atoms with E-state index in [0.717, 1.165) is 37.5 Å². The normalized spacial score (nSPS) is 16.3. The number of methoxy groups -OCH3 is 1.